The summed E-state index contributed by atoms with van der Waals surface area (Å²) in [6.07, 6.45) is 5.31. The van der Waals surface area contributed by atoms with E-state index in [1.807, 2.05) is 0 Å². The first-order valence-electron chi connectivity index (χ1n) is 5.83. The van der Waals surface area contributed by atoms with Gasteiger partial charge >= 0.3 is 0 Å². The van der Waals surface area contributed by atoms with Crippen LogP contribution in [-0.4, -0.2) is 23.3 Å². The molecule has 0 fully saturated rings. The van der Waals surface area contributed by atoms with Crippen LogP contribution in [0.2, 0.25) is 0 Å². The third kappa shape index (κ3) is 2.43. The van der Waals surface area contributed by atoms with Gasteiger partial charge in [0.2, 0.25) is 5.91 Å². The number of fused-ring (bicyclic) bond motifs is 1. The van der Waals surface area contributed by atoms with Gasteiger partial charge in [0, 0.05) is 11.8 Å². The molecule has 2 amide bonds. The summed E-state index contributed by atoms with van der Waals surface area (Å²) >= 11 is 1.73. The first-order chi connectivity index (χ1) is 8.63. The Bertz CT molecular complexity index is 528. The number of nitrogens with zero attached hydrogens (tertiary/aromatic N) is 1. The van der Waals surface area contributed by atoms with Crippen LogP contribution < -0.4 is 0 Å². The molecule has 1 aromatic rings. The lowest BCUT2D eigenvalue weighted by molar-refractivity contribution is -0.139. The molecule has 2 rings (SSSR count). The molecule has 0 unspecified atom stereocenters. The summed E-state index contributed by atoms with van der Waals surface area (Å²) in [6.45, 7) is 5.17. The minimum atomic E-state index is -0.342. The van der Waals surface area contributed by atoms with E-state index in [-0.39, 0.29) is 11.8 Å². The average Bonchev–Trinajstić information content (AvgIpc) is 2.83. The average molecular weight is 261 g/mol. The van der Waals surface area contributed by atoms with Gasteiger partial charge < -0.3 is 0 Å². The fourth-order valence-electron chi connectivity index (χ4n) is 2.08. The molecule has 0 saturated carbocycles. The fraction of sp³-hybridized carbons (Fsp3) is 0.286. The molecule has 1 aliphatic carbocycles. The third-order valence-electron chi connectivity index (χ3n) is 3.00. The molecule has 0 aliphatic heterocycles. The number of allylic oxidation sites excluding steroid dienone is 1. The molecule has 1 heterocycles. The number of carbonyl (C=O) groups is 2. The SMILES string of the molecule is C=CC(=O)N(CC1=CCCc2sccc21)C(C)=O. The zero-order valence-electron chi connectivity index (χ0n) is 10.3. The number of thiophene rings is 1. The number of imide groups is 1. The Morgan fingerprint density at radius 3 is 3.00 bits per heavy atom. The second-order valence-corrected chi connectivity index (χ2v) is 5.17. The van der Waals surface area contributed by atoms with E-state index in [1.165, 1.54) is 28.3 Å². The lowest BCUT2D eigenvalue weighted by Crippen LogP contribution is -2.35. The molecule has 1 aliphatic rings. The van der Waals surface area contributed by atoms with Crippen molar-refractivity contribution in [3.8, 4) is 0 Å². The topological polar surface area (TPSA) is 37.4 Å². The van der Waals surface area contributed by atoms with Crippen molar-refractivity contribution in [3.63, 3.8) is 0 Å². The Labute approximate surface area is 110 Å². The van der Waals surface area contributed by atoms with Gasteiger partial charge in [0.05, 0.1) is 6.54 Å². The smallest absolute Gasteiger partial charge is 0.252 e. The van der Waals surface area contributed by atoms with Crippen LogP contribution in [0, 0.1) is 0 Å². The molecule has 0 bridgehead atoms. The maximum absolute atomic E-state index is 11.6. The van der Waals surface area contributed by atoms with Gasteiger partial charge in [-0.15, -0.1) is 11.3 Å². The molecule has 3 nitrogen and oxygen atoms in total. The summed E-state index contributed by atoms with van der Waals surface area (Å²) in [5, 5.41) is 2.05. The third-order valence-corrected chi connectivity index (χ3v) is 3.98. The van der Waals surface area contributed by atoms with Crippen molar-refractivity contribution < 1.29 is 9.59 Å². The van der Waals surface area contributed by atoms with E-state index >= 15 is 0 Å². The van der Waals surface area contributed by atoms with Crippen LogP contribution >= 0.6 is 11.3 Å². The summed E-state index contributed by atoms with van der Waals surface area (Å²) in [4.78, 5) is 25.7. The van der Waals surface area contributed by atoms with Crippen molar-refractivity contribution in [1.29, 1.82) is 0 Å². The second-order valence-electron chi connectivity index (χ2n) is 4.17. The van der Waals surface area contributed by atoms with Gasteiger partial charge in [-0.25, -0.2) is 0 Å². The van der Waals surface area contributed by atoms with Crippen molar-refractivity contribution in [1.82, 2.24) is 4.90 Å². The molecule has 18 heavy (non-hydrogen) atoms. The van der Waals surface area contributed by atoms with Crippen LogP contribution in [-0.2, 0) is 16.0 Å². The van der Waals surface area contributed by atoms with E-state index in [0.717, 1.165) is 18.4 Å². The van der Waals surface area contributed by atoms with E-state index < -0.39 is 0 Å². The Hall–Kier alpha value is -1.68. The number of amides is 2. The normalized spacial score (nSPS) is 13.5. The Balaban J connectivity index is 2.23. The lowest BCUT2D eigenvalue weighted by Gasteiger charge is -2.21. The zero-order valence-corrected chi connectivity index (χ0v) is 11.1. The standard InChI is InChI=1S/C14H15NO2S/c1-3-14(17)15(10(2)16)9-11-5-4-6-13-12(11)7-8-18-13/h3,5,7-8H,1,4,6,9H2,2H3. The first-order valence-corrected chi connectivity index (χ1v) is 6.71. The molecule has 0 aromatic carbocycles. The number of rotatable bonds is 3. The molecule has 0 N–H and O–H groups in total. The molecule has 0 radical (unpaired) electrons. The monoisotopic (exact) mass is 261 g/mol. The van der Waals surface area contributed by atoms with Gasteiger partial charge in [-0.2, -0.15) is 0 Å². The van der Waals surface area contributed by atoms with Gasteiger partial charge in [0.25, 0.3) is 5.91 Å². The van der Waals surface area contributed by atoms with Crippen LogP contribution in [0.4, 0.5) is 0 Å². The van der Waals surface area contributed by atoms with Crippen molar-refractivity contribution in [3.05, 3.63) is 40.6 Å². The second kappa shape index (κ2) is 5.31. The van der Waals surface area contributed by atoms with Gasteiger partial charge in [-0.3, -0.25) is 14.5 Å². The van der Waals surface area contributed by atoms with E-state index in [4.69, 9.17) is 0 Å². The van der Waals surface area contributed by atoms with Crippen LogP contribution in [0.5, 0.6) is 0 Å². The predicted molar refractivity (Wildman–Crippen MR) is 73.2 cm³/mol. The molecule has 1 aromatic heterocycles. The molecule has 0 spiro atoms. The highest BCUT2D eigenvalue weighted by molar-refractivity contribution is 7.10. The minimum Gasteiger partial charge on any atom is -0.275 e. The van der Waals surface area contributed by atoms with Gasteiger partial charge in [-0.05, 0) is 41.5 Å². The summed E-state index contributed by atoms with van der Waals surface area (Å²) in [6, 6.07) is 2.06. The van der Waals surface area contributed by atoms with Gasteiger partial charge in [-0.1, -0.05) is 12.7 Å². The van der Waals surface area contributed by atoms with Crippen LogP contribution in [0.15, 0.2) is 30.2 Å². The van der Waals surface area contributed by atoms with Gasteiger partial charge in [0.1, 0.15) is 0 Å². The Morgan fingerprint density at radius 2 is 2.33 bits per heavy atom. The maximum atomic E-state index is 11.6. The summed E-state index contributed by atoms with van der Waals surface area (Å²) in [7, 11) is 0. The highest BCUT2D eigenvalue weighted by Crippen LogP contribution is 2.31. The number of hydrogen-bond acceptors (Lipinski definition) is 3. The predicted octanol–water partition coefficient (Wildman–Crippen LogP) is 2.64. The molecule has 0 saturated heterocycles. The quantitative estimate of drug-likeness (QED) is 0.784. The van der Waals surface area contributed by atoms with E-state index in [2.05, 4.69) is 24.1 Å². The molecular weight excluding hydrogens is 246 g/mol. The molecule has 4 heteroatoms. The van der Waals surface area contributed by atoms with Crippen molar-refractivity contribution in [2.24, 2.45) is 0 Å². The summed E-state index contributed by atoms with van der Waals surface area (Å²) < 4.78 is 0. The number of carbonyl (C=O) groups excluding carboxylic acids is 2. The number of hydrogen-bond donors (Lipinski definition) is 0. The Morgan fingerprint density at radius 1 is 1.56 bits per heavy atom. The highest BCUT2D eigenvalue weighted by Gasteiger charge is 2.20. The van der Waals surface area contributed by atoms with Crippen molar-refractivity contribution in [2.45, 2.75) is 19.8 Å². The molecule has 0 atom stereocenters. The number of aryl methyl sites for hydroxylation is 1. The van der Waals surface area contributed by atoms with E-state index in [1.54, 1.807) is 11.3 Å². The summed E-state index contributed by atoms with van der Waals surface area (Å²) in [5.41, 5.74) is 2.23. The van der Waals surface area contributed by atoms with Crippen LogP contribution in [0.25, 0.3) is 5.57 Å². The molecule has 94 valence electrons. The molecular formula is C14H15NO2S. The first kappa shape index (κ1) is 12.8. The summed E-state index contributed by atoms with van der Waals surface area (Å²) in [5.74, 6) is -0.589. The maximum Gasteiger partial charge on any atom is 0.252 e. The highest BCUT2D eigenvalue weighted by atomic mass is 32.1. The van der Waals surface area contributed by atoms with Gasteiger partial charge in [0.15, 0.2) is 0 Å². The van der Waals surface area contributed by atoms with E-state index in [9.17, 15) is 9.59 Å². The largest absolute Gasteiger partial charge is 0.275 e. The zero-order chi connectivity index (χ0) is 13.1. The van der Waals surface area contributed by atoms with Crippen LogP contribution in [0.1, 0.15) is 23.8 Å². The minimum absolute atomic E-state index is 0.247. The van der Waals surface area contributed by atoms with E-state index in [0.29, 0.717) is 6.54 Å². The Kier molecular flexibility index (Phi) is 3.77. The van der Waals surface area contributed by atoms with Crippen LogP contribution in [0.3, 0.4) is 0 Å². The lowest BCUT2D eigenvalue weighted by atomic mass is 9.97. The van der Waals surface area contributed by atoms with Crippen molar-refractivity contribution in [2.75, 3.05) is 6.54 Å². The van der Waals surface area contributed by atoms with Crippen molar-refractivity contribution >= 4 is 28.7 Å². The fourth-order valence-corrected chi connectivity index (χ4v) is 3.01.